The van der Waals surface area contributed by atoms with E-state index in [0.29, 0.717) is 0 Å². The third-order valence-corrected chi connectivity index (χ3v) is 1.40. The molecule has 0 spiro atoms. The number of nitrogens with zero attached hydrogens (tertiary/aromatic N) is 1. The van der Waals surface area contributed by atoms with Crippen LogP contribution in [0.3, 0.4) is 0 Å². The molecule has 0 radical (unpaired) electrons. The molecule has 3 heteroatoms. The van der Waals surface area contributed by atoms with Crippen LogP contribution in [0.2, 0.25) is 0 Å². The van der Waals surface area contributed by atoms with Gasteiger partial charge in [0.05, 0.1) is 0 Å². The van der Waals surface area contributed by atoms with Crippen molar-refractivity contribution in [2.24, 2.45) is 0 Å². The highest BCUT2D eigenvalue weighted by atomic mass is 16.4. The molecule has 0 aliphatic rings. The normalized spacial score (nSPS) is 10.9. The van der Waals surface area contributed by atoms with Gasteiger partial charge in [-0.2, -0.15) is 0 Å². The fraction of sp³-hybridized carbons (Fsp3) is 0.375. The minimum Gasteiger partial charge on any atom is -0.480 e. The minimum atomic E-state index is -0.855. The number of carboxylic acid groups (broad SMARTS) is 1. The van der Waals surface area contributed by atoms with Crippen LogP contribution in [-0.4, -0.2) is 22.5 Å². The van der Waals surface area contributed by atoms with E-state index < -0.39 is 5.97 Å². The SMILES string of the molecule is C=CN(CC(=O)O)/C(C)=C/C. The average Bonchev–Trinajstić information content (AvgIpc) is 1.98. The Balaban J connectivity index is 4.17. The van der Waals surface area contributed by atoms with Crippen molar-refractivity contribution < 1.29 is 9.90 Å². The first-order chi connectivity index (χ1) is 5.11. The van der Waals surface area contributed by atoms with Gasteiger partial charge in [0.25, 0.3) is 0 Å². The first-order valence-corrected chi connectivity index (χ1v) is 3.35. The van der Waals surface area contributed by atoms with Crippen molar-refractivity contribution in [1.82, 2.24) is 4.90 Å². The van der Waals surface area contributed by atoms with Gasteiger partial charge in [-0.05, 0) is 20.0 Å². The molecule has 0 aromatic heterocycles. The predicted molar refractivity (Wildman–Crippen MR) is 44.0 cm³/mol. The van der Waals surface area contributed by atoms with Crippen LogP contribution in [0.1, 0.15) is 13.8 Å². The molecule has 0 aliphatic carbocycles. The van der Waals surface area contributed by atoms with Crippen LogP contribution < -0.4 is 0 Å². The van der Waals surface area contributed by atoms with Gasteiger partial charge in [0.2, 0.25) is 0 Å². The molecule has 0 atom stereocenters. The molecule has 0 aromatic carbocycles. The molecule has 0 unspecified atom stereocenters. The Kier molecular flexibility index (Phi) is 4.03. The van der Waals surface area contributed by atoms with Crippen LogP contribution >= 0.6 is 0 Å². The molecule has 0 rings (SSSR count). The summed E-state index contributed by atoms with van der Waals surface area (Å²) >= 11 is 0. The van der Waals surface area contributed by atoms with Crippen LogP contribution in [0.15, 0.2) is 24.6 Å². The maximum Gasteiger partial charge on any atom is 0.323 e. The summed E-state index contributed by atoms with van der Waals surface area (Å²) in [5, 5.41) is 8.44. The number of carboxylic acids is 1. The molecule has 0 saturated heterocycles. The Labute approximate surface area is 66.6 Å². The molecule has 0 saturated carbocycles. The Morgan fingerprint density at radius 2 is 2.27 bits per heavy atom. The predicted octanol–water partition coefficient (Wildman–Crippen LogP) is 1.44. The molecule has 0 bridgehead atoms. The minimum absolute atomic E-state index is 0.0281. The van der Waals surface area contributed by atoms with Gasteiger partial charge in [-0.3, -0.25) is 4.79 Å². The second-order valence-corrected chi connectivity index (χ2v) is 2.13. The van der Waals surface area contributed by atoms with Crippen molar-refractivity contribution in [1.29, 1.82) is 0 Å². The Morgan fingerprint density at radius 3 is 2.55 bits per heavy atom. The molecular weight excluding hydrogens is 142 g/mol. The average molecular weight is 155 g/mol. The maximum atomic E-state index is 10.3. The highest BCUT2D eigenvalue weighted by Crippen LogP contribution is 2.01. The van der Waals surface area contributed by atoms with E-state index in [-0.39, 0.29) is 6.54 Å². The second kappa shape index (κ2) is 4.55. The van der Waals surface area contributed by atoms with Crippen molar-refractivity contribution in [2.75, 3.05) is 6.54 Å². The largest absolute Gasteiger partial charge is 0.480 e. The molecule has 0 aromatic rings. The summed E-state index contributed by atoms with van der Waals surface area (Å²) in [6.07, 6.45) is 3.34. The zero-order valence-electron chi connectivity index (χ0n) is 6.87. The van der Waals surface area contributed by atoms with Gasteiger partial charge in [-0.25, -0.2) is 0 Å². The van der Waals surface area contributed by atoms with Gasteiger partial charge < -0.3 is 10.0 Å². The first kappa shape index (κ1) is 9.75. The molecule has 0 heterocycles. The van der Waals surface area contributed by atoms with Crippen molar-refractivity contribution in [2.45, 2.75) is 13.8 Å². The Morgan fingerprint density at radius 1 is 1.73 bits per heavy atom. The lowest BCUT2D eigenvalue weighted by atomic mass is 10.4. The summed E-state index contributed by atoms with van der Waals surface area (Å²) in [7, 11) is 0. The van der Waals surface area contributed by atoms with Gasteiger partial charge in [0.1, 0.15) is 6.54 Å². The summed E-state index contributed by atoms with van der Waals surface area (Å²) in [6.45, 7) is 7.17. The molecule has 3 nitrogen and oxygen atoms in total. The van der Waals surface area contributed by atoms with Gasteiger partial charge >= 0.3 is 5.97 Å². The number of allylic oxidation sites excluding steroid dienone is 2. The van der Waals surface area contributed by atoms with E-state index >= 15 is 0 Å². The van der Waals surface area contributed by atoms with Crippen LogP contribution in [0.25, 0.3) is 0 Å². The van der Waals surface area contributed by atoms with Crippen molar-refractivity contribution >= 4 is 5.97 Å². The lowest BCUT2D eigenvalue weighted by Gasteiger charge is -2.17. The molecule has 62 valence electrons. The Bertz CT molecular complexity index is 185. The summed E-state index contributed by atoms with van der Waals surface area (Å²) < 4.78 is 0. The third-order valence-electron chi connectivity index (χ3n) is 1.40. The monoisotopic (exact) mass is 155 g/mol. The van der Waals surface area contributed by atoms with Crippen LogP contribution in [-0.2, 0) is 4.79 Å². The highest BCUT2D eigenvalue weighted by molar-refractivity contribution is 5.69. The van der Waals surface area contributed by atoms with Crippen LogP contribution in [0.5, 0.6) is 0 Å². The first-order valence-electron chi connectivity index (χ1n) is 3.35. The van der Waals surface area contributed by atoms with E-state index in [2.05, 4.69) is 6.58 Å². The zero-order chi connectivity index (χ0) is 8.85. The van der Waals surface area contributed by atoms with Crippen molar-refractivity contribution in [3.8, 4) is 0 Å². The van der Waals surface area contributed by atoms with Gasteiger partial charge in [-0.15, -0.1) is 0 Å². The lowest BCUT2D eigenvalue weighted by Crippen LogP contribution is -2.22. The van der Waals surface area contributed by atoms with E-state index in [4.69, 9.17) is 5.11 Å². The summed E-state index contributed by atoms with van der Waals surface area (Å²) in [4.78, 5) is 11.8. The highest BCUT2D eigenvalue weighted by Gasteiger charge is 2.04. The number of aliphatic carboxylic acids is 1. The number of rotatable bonds is 4. The van der Waals surface area contributed by atoms with E-state index in [9.17, 15) is 4.79 Å². The zero-order valence-corrected chi connectivity index (χ0v) is 6.87. The molecule has 0 fully saturated rings. The molecule has 1 N–H and O–H groups in total. The van der Waals surface area contributed by atoms with Gasteiger partial charge in [-0.1, -0.05) is 12.7 Å². The van der Waals surface area contributed by atoms with E-state index in [0.717, 1.165) is 5.70 Å². The number of carbonyl (C=O) groups is 1. The smallest absolute Gasteiger partial charge is 0.323 e. The quantitative estimate of drug-likeness (QED) is 0.667. The molecule has 0 amide bonds. The van der Waals surface area contributed by atoms with E-state index in [1.165, 1.54) is 6.20 Å². The van der Waals surface area contributed by atoms with E-state index in [1.807, 2.05) is 19.9 Å². The summed E-state index contributed by atoms with van der Waals surface area (Å²) in [5.74, 6) is -0.855. The third kappa shape index (κ3) is 3.45. The van der Waals surface area contributed by atoms with E-state index in [1.54, 1.807) is 4.90 Å². The summed E-state index contributed by atoms with van der Waals surface area (Å²) in [6, 6.07) is 0. The number of hydrogen-bond donors (Lipinski definition) is 1. The topological polar surface area (TPSA) is 40.5 Å². The second-order valence-electron chi connectivity index (χ2n) is 2.13. The van der Waals surface area contributed by atoms with Crippen LogP contribution in [0.4, 0.5) is 0 Å². The molecule has 11 heavy (non-hydrogen) atoms. The van der Waals surface area contributed by atoms with Crippen molar-refractivity contribution in [3.63, 3.8) is 0 Å². The lowest BCUT2D eigenvalue weighted by molar-refractivity contribution is -0.137. The standard InChI is InChI=1S/C8H13NO2/c1-4-7(3)9(5-2)6-8(10)11/h4-5H,2,6H2,1,3H3,(H,10,11)/b7-4+. The fourth-order valence-electron chi connectivity index (χ4n) is 0.645. The van der Waals surface area contributed by atoms with Crippen molar-refractivity contribution in [3.05, 3.63) is 24.6 Å². The summed E-state index contributed by atoms with van der Waals surface area (Å²) in [5.41, 5.74) is 0.891. The molecule has 0 aliphatic heterocycles. The van der Waals surface area contributed by atoms with Gasteiger partial charge in [0.15, 0.2) is 0 Å². The van der Waals surface area contributed by atoms with Gasteiger partial charge in [0, 0.05) is 5.70 Å². The molecular formula is C8H13NO2. The number of hydrogen-bond acceptors (Lipinski definition) is 2. The Hall–Kier alpha value is -1.25. The fourth-order valence-corrected chi connectivity index (χ4v) is 0.645. The van der Waals surface area contributed by atoms with Crippen LogP contribution in [0, 0.1) is 0 Å². The maximum absolute atomic E-state index is 10.3.